The zero-order chi connectivity index (χ0) is 9.35. The Morgan fingerprint density at radius 1 is 1.75 bits per heavy atom. The second kappa shape index (κ2) is 2.73. The first kappa shape index (κ1) is 8.96. The predicted molar refractivity (Wildman–Crippen MR) is 36.2 cm³/mol. The summed E-state index contributed by atoms with van der Waals surface area (Å²) in [5.41, 5.74) is -2.16. The minimum Gasteiger partial charge on any atom is -0.479 e. The van der Waals surface area contributed by atoms with Gasteiger partial charge in [-0.15, -0.1) is 0 Å². The molecule has 4 nitrogen and oxygen atoms in total. The topological polar surface area (TPSA) is 63.6 Å². The Kier molecular flexibility index (Phi) is 2.04. The Morgan fingerprint density at radius 3 is 2.67 bits per heavy atom. The lowest BCUT2D eigenvalue weighted by Gasteiger charge is -2.01. The van der Waals surface area contributed by atoms with Crippen LogP contribution in [0.1, 0.15) is 13.3 Å². The van der Waals surface area contributed by atoms with E-state index in [2.05, 4.69) is 4.74 Å². The summed E-state index contributed by atoms with van der Waals surface area (Å²) in [6.07, 6.45) is -0.0599. The molecule has 1 aliphatic carbocycles. The number of carboxylic acids is 1. The number of esters is 1. The van der Waals surface area contributed by atoms with Gasteiger partial charge in [-0.05, 0) is 0 Å². The van der Waals surface area contributed by atoms with Crippen molar-refractivity contribution in [3.63, 3.8) is 0 Å². The van der Waals surface area contributed by atoms with Gasteiger partial charge >= 0.3 is 11.9 Å². The molecule has 0 aromatic carbocycles. The van der Waals surface area contributed by atoms with Crippen molar-refractivity contribution in [2.75, 3.05) is 6.61 Å². The summed E-state index contributed by atoms with van der Waals surface area (Å²) in [7, 11) is 0. The lowest BCUT2D eigenvalue weighted by Crippen LogP contribution is -2.21. The Morgan fingerprint density at radius 2 is 2.33 bits per heavy atom. The van der Waals surface area contributed by atoms with Gasteiger partial charge in [0.05, 0.1) is 6.61 Å². The molecule has 1 N–H and O–H groups in total. The molecule has 0 heterocycles. The second-order valence-corrected chi connectivity index (χ2v) is 2.87. The minimum absolute atomic E-state index is 0.0599. The number of rotatable bonds is 3. The van der Waals surface area contributed by atoms with Crippen molar-refractivity contribution in [3.05, 3.63) is 0 Å². The molecule has 0 unspecified atom stereocenters. The summed E-state index contributed by atoms with van der Waals surface area (Å²) < 4.78 is 17.4. The summed E-state index contributed by atoms with van der Waals surface area (Å²) in [5.74, 6) is -2.66. The monoisotopic (exact) mass is 176 g/mol. The summed E-state index contributed by atoms with van der Waals surface area (Å²) in [6, 6.07) is 0. The number of hydrogen-bond donors (Lipinski definition) is 1. The van der Waals surface area contributed by atoms with Crippen LogP contribution in [-0.2, 0) is 14.3 Å². The average molecular weight is 176 g/mol. The Bertz CT molecular complexity index is 227. The molecule has 0 aliphatic heterocycles. The van der Waals surface area contributed by atoms with Crippen LogP contribution in [0.5, 0.6) is 0 Å². The predicted octanol–water partition coefficient (Wildman–Crippen LogP) is 0.362. The van der Waals surface area contributed by atoms with E-state index >= 15 is 0 Å². The van der Waals surface area contributed by atoms with Crippen molar-refractivity contribution in [2.45, 2.75) is 19.0 Å². The first-order chi connectivity index (χ1) is 5.47. The number of ether oxygens (including phenoxy) is 1. The standard InChI is InChI=1S/C7H9FO4/c1-4(9)12-3-5-2-7(5,8)6(10)11/h5H,2-3H2,1H3,(H,10,11)/t5-,7+/m1/s1. The number of halogens is 1. The van der Waals surface area contributed by atoms with Crippen LogP contribution in [0.25, 0.3) is 0 Å². The zero-order valence-electron chi connectivity index (χ0n) is 6.54. The maximum atomic E-state index is 12.9. The molecule has 1 aliphatic rings. The number of alkyl halides is 1. The highest BCUT2D eigenvalue weighted by molar-refractivity contribution is 5.81. The third-order valence-corrected chi connectivity index (χ3v) is 1.87. The Hall–Kier alpha value is -1.13. The molecule has 2 atom stereocenters. The number of hydrogen-bond acceptors (Lipinski definition) is 3. The maximum absolute atomic E-state index is 12.9. The molecule has 0 aromatic heterocycles. The molecule has 1 rings (SSSR count). The molecule has 12 heavy (non-hydrogen) atoms. The SMILES string of the molecule is CC(=O)OC[C@H]1C[C@@]1(F)C(=O)O. The number of carboxylic acid groups (broad SMARTS) is 1. The van der Waals surface area contributed by atoms with Crippen molar-refractivity contribution < 1.29 is 23.8 Å². The molecule has 1 saturated carbocycles. The summed E-state index contributed by atoms with van der Waals surface area (Å²) in [4.78, 5) is 20.5. The molecule has 0 bridgehead atoms. The van der Waals surface area contributed by atoms with Gasteiger partial charge in [0.25, 0.3) is 0 Å². The van der Waals surface area contributed by atoms with Gasteiger partial charge in [-0.3, -0.25) is 4.79 Å². The van der Waals surface area contributed by atoms with E-state index in [9.17, 15) is 14.0 Å². The normalized spacial score (nSPS) is 32.7. The van der Waals surface area contributed by atoms with E-state index in [4.69, 9.17) is 5.11 Å². The largest absolute Gasteiger partial charge is 0.479 e. The first-order valence-corrected chi connectivity index (χ1v) is 3.52. The summed E-state index contributed by atoms with van der Waals surface area (Å²) in [5, 5.41) is 8.33. The Balaban J connectivity index is 2.32. The molecular formula is C7H9FO4. The van der Waals surface area contributed by atoms with Crippen LogP contribution < -0.4 is 0 Å². The van der Waals surface area contributed by atoms with E-state index in [0.717, 1.165) is 0 Å². The van der Waals surface area contributed by atoms with Gasteiger partial charge in [0.15, 0.2) is 0 Å². The molecule has 0 amide bonds. The molecule has 0 radical (unpaired) electrons. The van der Waals surface area contributed by atoms with Gasteiger partial charge in [0.1, 0.15) is 0 Å². The molecule has 0 aromatic rings. The van der Waals surface area contributed by atoms with Crippen LogP contribution in [0.2, 0.25) is 0 Å². The van der Waals surface area contributed by atoms with Gasteiger partial charge in [-0.2, -0.15) is 0 Å². The Labute approximate surface area is 68.3 Å². The molecule has 0 saturated heterocycles. The van der Waals surface area contributed by atoms with E-state index in [1.807, 2.05) is 0 Å². The third kappa shape index (κ3) is 1.54. The average Bonchev–Trinajstić information content (AvgIpc) is 2.59. The van der Waals surface area contributed by atoms with Gasteiger partial charge in [-0.25, -0.2) is 9.18 Å². The molecule has 5 heteroatoms. The molecule has 0 spiro atoms. The lowest BCUT2D eigenvalue weighted by atomic mass is 10.3. The minimum atomic E-state index is -2.16. The first-order valence-electron chi connectivity index (χ1n) is 3.52. The van der Waals surface area contributed by atoms with E-state index in [1.165, 1.54) is 6.92 Å². The third-order valence-electron chi connectivity index (χ3n) is 1.87. The fraction of sp³-hybridized carbons (Fsp3) is 0.714. The van der Waals surface area contributed by atoms with Crippen molar-refractivity contribution in [1.82, 2.24) is 0 Å². The van der Waals surface area contributed by atoms with Crippen LogP contribution in [0.3, 0.4) is 0 Å². The zero-order valence-corrected chi connectivity index (χ0v) is 6.54. The van der Waals surface area contributed by atoms with Gasteiger partial charge < -0.3 is 9.84 Å². The smallest absolute Gasteiger partial charge is 0.341 e. The highest BCUT2D eigenvalue weighted by Gasteiger charge is 2.62. The second-order valence-electron chi connectivity index (χ2n) is 2.87. The van der Waals surface area contributed by atoms with Crippen LogP contribution >= 0.6 is 0 Å². The van der Waals surface area contributed by atoms with Gasteiger partial charge in [0, 0.05) is 19.3 Å². The molecule has 68 valence electrons. The van der Waals surface area contributed by atoms with Crippen LogP contribution in [0.4, 0.5) is 4.39 Å². The van der Waals surface area contributed by atoms with E-state index in [0.29, 0.717) is 0 Å². The van der Waals surface area contributed by atoms with E-state index in [1.54, 1.807) is 0 Å². The summed E-state index contributed by atoms with van der Waals surface area (Å²) in [6.45, 7) is 1.06. The molecular weight excluding hydrogens is 167 g/mol. The highest BCUT2D eigenvalue weighted by Crippen LogP contribution is 2.47. The fourth-order valence-corrected chi connectivity index (χ4v) is 0.971. The van der Waals surface area contributed by atoms with Crippen molar-refractivity contribution in [1.29, 1.82) is 0 Å². The van der Waals surface area contributed by atoms with E-state index in [-0.39, 0.29) is 13.0 Å². The van der Waals surface area contributed by atoms with Crippen molar-refractivity contribution in [3.8, 4) is 0 Å². The quantitative estimate of drug-likeness (QED) is 0.630. The summed E-state index contributed by atoms with van der Waals surface area (Å²) >= 11 is 0. The van der Waals surface area contributed by atoms with Gasteiger partial charge in [-0.1, -0.05) is 0 Å². The van der Waals surface area contributed by atoms with E-state index < -0.39 is 23.5 Å². The van der Waals surface area contributed by atoms with Gasteiger partial charge in [0.2, 0.25) is 5.67 Å². The van der Waals surface area contributed by atoms with Crippen molar-refractivity contribution >= 4 is 11.9 Å². The van der Waals surface area contributed by atoms with Crippen LogP contribution in [-0.4, -0.2) is 29.3 Å². The highest BCUT2D eigenvalue weighted by atomic mass is 19.1. The maximum Gasteiger partial charge on any atom is 0.341 e. The molecule has 1 fully saturated rings. The lowest BCUT2D eigenvalue weighted by molar-refractivity contribution is -0.148. The number of carbonyl (C=O) groups is 2. The fourth-order valence-electron chi connectivity index (χ4n) is 0.971. The number of aliphatic carboxylic acids is 1. The van der Waals surface area contributed by atoms with Crippen LogP contribution in [0, 0.1) is 5.92 Å². The van der Waals surface area contributed by atoms with Crippen LogP contribution in [0.15, 0.2) is 0 Å². The van der Waals surface area contributed by atoms with Crippen molar-refractivity contribution in [2.24, 2.45) is 5.92 Å². The number of carbonyl (C=O) groups excluding carboxylic acids is 1.